The molecule has 2 aliphatic heterocycles. The molecule has 1 N–H and O–H groups in total. The summed E-state index contributed by atoms with van der Waals surface area (Å²) in [5, 5.41) is 2.88. The lowest BCUT2D eigenvalue weighted by atomic mass is 9.98. The van der Waals surface area contributed by atoms with Crippen LogP contribution >= 0.6 is 0 Å². The lowest BCUT2D eigenvalue weighted by molar-refractivity contribution is 0.0679. The molecule has 2 saturated heterocycles. The van der Waals surface area contributed by atoms with Crippen molar-refractivity contribution >= 4 is 17.5 Å². The minimum Gasteiger partial charge on any atom is -0.491 e. The summed E-state index contributed by atoms with van der Waals surface area (Å²) in [5.41, 5.74) is 1.86. The van der Waals surface area contributed by atoms with E-state index in [4.69, 9.17) is 9.47 Å². The number of amides is 2. The summed E-state index contributed by atoms with van der Waals surface area (Å²) in [5.74, 6) is 1.27. The van der Waals surface area contributed by atoms with Crippen molar-refractivity contribution in [1.29, 1.82) is 0 Å². The molecule has 4 rings (SSSR count). The Morgan fingerprint density at radius 1 is 1.00 bits per heavy atom. The molecule has 2 aliphatic rings. The van der Waals surface area contributed by atoms with Gasteiger partial charge in [0.1, 0.15) is 12.4 Å². The third-order valence-electron chi connectivity index (χ3n) is 6.04. The lowest BCUT2D eigenvalue weighted by Crippen LogP contribution is -2.37. The van der Waals surface area contributed by atoms with E-state index < -0.39 is 0 Å². The molecule has 0 aliphatic carbocycles. The van der Waals surface area contributed by atoms with Crippen molar-refractivity contribution in [2.24, 2.45) is 5.92 Å². The number of nitrogens with one attached hydrogen (secondary N) is 1. The first-order valence-electron chi connectivity index (χ1n) is 11.1. The standard InChI is InChI=1S/C25H30N2O4/c1-18-12-14-27(15-13-18)25(29)20-4-8-21(9-5-20)26-24(28)19-6-10-22(11-7-19)31-17-23-3-2-16-30-23/h4-11,18,23H,2-3,12-17H2,1H3,(H,26,28)/t23-/m0/s1. The third-order valence-corrected chi connectivity index (χ3v) is 6.04. The summed E-state index contributed by atoms with van der Waals surface area (Å²) in [6, 6.07) is 14.2. The molecule has 164 valence electrons. The van der Waals surface area contributed by atoms with E-state index in [-0.39, 0.29) is 17.9 Å². The van der Waals surface area contributed by atoms with Crippen LogP contribution < -0.4 is 10.1 Å². The van der Waals surface area contributed by atoms with Crippen LogP contribution in [0.1, 0.15) is 53.3 Å². The second-order valence-electron chi connectivity index (χ2n) is 8.48. The molecule has 0 radical (unpaired) electrons. The zero-order valence-electron chi connectivity index (χ0n) is 18.0. The van der Waals surface area contributed by atoms with Gasteiger partial charge in [-0.05, 0) is 80.1 Å². The summed E-state index contributed by atoms with van der Waals surface area (Å²) in [6.45, 7) is 5.19. The molecule has 2 fully saturated rings. The number of carbonyl (C=O) groups excluding carboxylic acids is 2. The van der Waals surface area contributed by atoms with Crippen LogP contribution in [0.4, 0.5) is 5.69 Å². The first-order chi connectivity index (χ1) is 15.1. The van der Waals surface area contributed by atoms with Gasteiger partial charge in [0.15, 0.2) is 0 Å². The van der Waals surface area contributed by atoms with Gasteiger partial charge in [0.2, 0.25) is 0 Å². The molecular weight excluding hydrogens is 392 g/mol. The zero-order valence-corrected chi connectivity index (χ0v) is 18.0. The summed E-state index contributed by atoms with van der Waals surface area (Å²) in [7, 11) is 0. The number of hydrogen-bond acceptors (Lipinski definition) is 4. The molecule has 6 heteroatoms. The van der Waals surface area contributed by atoms with Crippen LogP contribution in [-0.4, -0.2) is 49.1 Å². The first-order valence-corrected chi connectivity index (χ1v) is 11.1. The maximum Gasteiger partial charge on any atom is 0.255 e. The highest BCUT2D eigenvalue weighted by molar-refractivity contribution is 6.04. The minimum absolute atomic E-state index is 0.0587. The van der Waals surface area contributed by atoms with Gasteiger partial charge in [-0.15, -0.1) is 0 Å². The van der Waals surface area contributed by atoms with Crippen molar-refractivity contribution < 1.29 is 19.1 Å². The predicted octanol–water partition coefficient (Wildman–Crippen LogP) is 4.37. The number of benzene rings is 2. The molecule has 2 amide bonds. The molecule has 2 heterocycles. The van der Waals surface area contributed by atoms with Gasteiger partial charge in [0.25, 0.3) is 11.8 Å². The molecule has 2 aromatic carbocycles. The average Bonchev–Trinajstić information content (AvgIpc) is 3.32. The molecular formula is C25H30N2O4. The molecule has 0 spiro atoms. The van der Waals surface area contributed by atoms with Gasteiger partial charge < -0.3 is 19.7 Å². The predicted molar refractivity (Wildman–Crippen MR) is 120 cm³/mol. The maximum atomic E-state index is 12.6. The Balaban J connectivity index is 1.29. The maximum absolute atomic E-state index is 12.6. The molecule has 0 unspecified atom stereocenters. The number of piperidine rings is 1. The van der Waals surface area contributed by atoms with Crippen molar-refractivity contribution in [2.75, 3.05) is 31.6 Å². The van der Waals surface area contributed by atoms with E-state index >= 15 is 0 Å². The van der Waals surface area contributed by atoms with Gasteiger partial charge in [-0.2, -0.15) is 0 Å². The van der Waals surface area contributed by atoms with Gasteiger partial charge in [-0.1, -0.05) is 6.92 Å². The number of anilines is 1. The van der Waals surface area contributed by atoms with Crippen LogP contribution in [0.25, 0.3) is 0 Å². The van der Waals surface area contributed by atoms with E-state index in [0.29, 0.717) is 29.3 Å². The van der Waals surface area contributed by atoms with Crippen molar-refractivity contribution in [1.82, 2.24) is 4.90 Å². The van der Waals surface area contributed by atoms with E-state index in [1.807, 2.05) is 4.90 Å². The zero-order chi connectivity index (χ0) is 21.6. The Bertz CT molecular complexity index is 881. The Kier molecular flexibility index (Phi) is 6.87. The summed E-state index contributed by atoms with van der Waals surface area (Å²) in [4.78, 5) is 27.1. The Morgan fingerprint density at radius 2 is 1.68 bits per heavy atom. The normalized spacial score (nSPS) is 19.3. The van der Waals surface area contributed by atoms with E-state index in [2.05, 4.69) is 12.2 Å². The highest BCUT2D eigenvalue weighted by atomic mass is 16.5. The summed E-state index contributed by atoms with van der Waals surface area (Å²) >= 11 is 0. The number of carbonyl (C=O) groups is 2. The Hall–Kier alpha value is -2.86. The number of likely N-dealkylation sites (tertiary alicyclic amines) is 1. The SMILES string of the molecule is CC1CCN(C(=O)c2ccc(NC(=O)c3ccc(OC[C@@H]4CCCO4)cc3)cc2)CC1. The molecule has 1 atom stereocenters. The lowest BCUT2D eigenvalue weighted by Gasteiger charge is -2.30. The van der Waals surface area contributed by atoms with Crippen LogP contribution in [0, 0.1) is 5.92 Å². The fraction of sp³-hybridized carbons (Fsp3) is 0.440. The fourth-order valence-electron chi connectivity index (χ4n) is 3.96. The molecule has 0 bridgehead atoms. The van der Waals surface area contributed by atoms with Crippen LogP contribution in [-0.2, 0) is 4.74 Å². The van der Waals surface area contributed by atoms with Crippen molar-refractivity contribution in [3.63, 3.8) is 0 Å². The molecule has 0 saturated carbocycles. The fourth-order valence-corrected chi connectivity index (χ4v) is 3.96. The van der Waals surface area contributed by atoms with Crippen LogP contribution in [0.5, 0.6) is 5.75 Å². The van der Waals surface area contributed by atoms with Crippen LogP contribution in [0.2, 0.25) is 0 Å². The van der Waals surface area contributed by atoms with Gasteiger partial charge in [0.05, 0.1) is 6.10 Å². The summed E-state index contributed by atoms with van der Waals surface area (Å²) < 4.78 is 11.3. The van der Waals surface area contributed by atoms with E-state index in [1.165, 1.54) is 0 Å². The first kappa shape index (κ1) is 21.4. The Labute approximate surface area is 183 Å². The minimum atomic E-state index is -0.199. The van der Waals surface area contributed by atoms with E-state index in [9.17, 15) is 9.59 Å². The number of nitrogens with zero attached hydrogens (tertiary/aromatic N) is 1. The third kappa shape index (κ3) is 5.64. The van der Waals surface area contributed by atoms with Crippen LogP contribution in [0.3, 0.4) is 0 Å². The average molecular weight is 423 g/mol. The topological polar surface area (TPSA) is 67.9 Å². The van der Waals surface area contributed by atoms with Gasteiger partial charge in [-0.3, -0.25) is 9.59 Å². The molecule has 6 nitrogen and oxygen atoms in total. The van der Waals surface area contributed by atoms with Gasteiger partial charge >= 0.3 is 0 Å². The summed E-state index contributed by atoms with van der Waals surface area (Å²) in [6.07, 6.45) is 4.38. The largest absolute Gasteiger partial charge is 0.491 e. The Morgan fingerprint density at radius 3 is 2.32 bits per heavy atom. The molecule has 2 aromatic rings. The second kappa shape index (κ2) is 9.96. The highest BCUT2D eigenvalue weighted by Gasteiger charge is 2.21. The van der Waals surface area contributed by atoms with E-state index in [1.54, 1.807) is 48.5 Å². The molecule has 0 aromatic heterocycles. The second-order valence-corrected chi connectivity index (χ2v) is 8.48. The van der Waals surface area contributed by atoms with Gasteiger partial charge in [0, 0.05) is 36.5 Å². The number of hydrogen-bond donors (Lipinski definition) is 1. The smallest absolute Gasteiger partial charge is 0.255 e. The number of ether oxygens (including phenoxy) is 2. The molecule has 31 heavy (non-hydrogen) atoms. The monoisotopic (exact) mass is 422 g/mol. The van der Waals surface area contributed by atoms with Crippen molar-refractivity contribution in [3.05, 3.63) is 59.7 Å². The number of rotatable bonds is 6. The highest BCUT2D eigenvalue weighted by Crippen LogP contribution is 2.20. The van der Waals surface area contributed by atoms with Gasteiger partial charge in [-0.25, -0.2) is 0 Å². The van der Waals surface area contributed by atoms with Crippen LogP contribution in [0.15, 0.2) is 48.5 Å². The van der Waals surface area contributed by atoms with Crippen molar-refractivity contribution in [3.8, 4) is 5.75 Å². The van der Waals surface area contributed by atoms with Crippen molar-refractivity contribution in [2.45, 2.75) is 38.7 Å². The quantitative estimate of drug-likeness (QED) is 0.751. The van der Waals surface area contributed by atoms with E-state index in [0.717, 1.165) is 51.1 Å².